The molecule has 10 heteroatoms. The molecule has 0 spiro atoms. The molecule has 0 atom stereocenters. The molecule has 1 aliphatic carbocycles. The van der Waals surface area contributed by atoms with Crippen molar-refractivity contribution in [2.24, 2.45) is 0 Å². The maximum atomic E-state index is 11.2. The molecule has 0 amide bonds. The Kier molecular flexibility index (Phi) is 5.86. The van der Waals surface area contributed by atoms with Crippen molar-refractivity contribution in [3.63, 3.8) is 0 Å². The number of hydrogen-bond donors (Lipinski definition) is 3. The van der Waals surface area contributed by atoms with Gasteiger partial charge in [-0.25, -0.2) is 9.78 Å². The van der Waals surface area contributed by atoms with Gasteiger partial charge in [-0.2, -0.15) is 4.98 Å². The second kappa shape index (κ2) is 8.81. The van der Waals surface area contributed by atoms with Crippen LogP contribution in [0.3, 0.4) is 0 Å². The Morgan fingerprint density at radius 2 is 1.88 bits per heavy atom. The molecule has 1 aliphatic heterocycles. The quantitative estimate of drug-likeness (QED) is 0.517. The van der Waals surface area contributed by atoms with Gasteiger partial charge in [-0.1, -0.05) is 23.7 Å². The van der Waals surface area contributed by atoms with Crippen LogP contribution >= 0.6 is 11.6 Å². The molecule has 1 saturated heterocycles. The zero-order valence-corrected chi connectivity index (χ0v) is 18.7. The molecule has 0 unspecified atom stereocenters. The number of imidazole rings is 1. The highest BCUT2D eigenvalue weighted by Gasteiger charge is 2.40. The van der Waals surface area contributed by atoms with E-state index in [1.807, 2.05) is 12.1 Å². The molecule has 9 nitrogen and oxygen atoms in total. The predicted octanol–water partition coefficient (Wildman–Crippen LogP) is 3.25. The molecule has 1 aromatic carbocycles. The number of carboxylic acid groups (broad SMARTS) is 1. The number of H-pyrrole nitrogens is 1. The molecule has 5 rings (SSSR count). The SMILES string of the molecule is O=C(O)C1(O)CCC(Oc2nc3nc(-c4ccc(N5CCOCC5)cc4)c(Cl)cc3[nH]2)CC1. The van der Waals surface area contributed by atoms with Gasteiger partial charge in [0.25, 0.3) is 6.01 Å². The fourth-order valence-corrected chi connectivity index (χ4v) is 4.62. The largest absolute Gasteiger partial charge is 0.479 e. The molecule has 3 heterocycles. The van der Waals surface area contributed by atoms with E-state index in [0.717, 1.165) is 37.6 Å². The van der Waals surface area contributed by atoms with Crippen LogP contribution in [0, 0.1) is 0 Å². The van der Waals surface area contributed by atoms with Crippen molar-refractivity contribution < 1.29 is 24.5 Å². The normalized spacial score (nSPS) is 23.6. The first-order chi connectivity index (χ1) is 15.9. The first-order valence-corrected chi connectivity index (χ1v) is 11.4. The number of morpholine rings is 1. The number of benzene rings is 1. The maximum absolute atomic E-state index is 11.2. The number of rotatable bonds is 5. The van der Waals surface area contributed by atoms with Gasteiger partial charge in [0.05, 0.1) is 29.4 Å². The van der Waals surface area contributed by atoms with Gasteiger partial charge in [0.15, 0.2) is 11.2 Å². The van der Waals surface area contributed by atoms with Gasteiger partial charge in [-0.15, -0.1) is 0 Å². The number of fused-ring (bicyclic) bond motifs is 1. The molecule has 2 fully saturated rings. The predicted molar refractivity (Wildman–Crippen MR) is 123 cm³/mol. The number of hydrogen-bond acceptors (Lipinski definition) is 7. The lowest BCUT2D eigenvalue weighted by Gasteiger charge is -2.32. The summed E-state index contributed by atoms with van der Waals surface area (Å²) in [6.45, 7) is 3.21. The first kappa shape index (κ1) is 21.9. The topological polar surface area (TPSA) is 121 Å². The van der Waals surface area contributed by atoms with E-state index in [0.29, 0.717) is 40.7 Å². The number of aliphatic carboxylic acids is 1. The molecule has 3 N–H and O–H groups in total. The number of carboxylic acids is 1. The standard InChI is InChI=1S/C23H25ClN4O5/c24-17-13-18-20(27-22(25-18)33-16-5-7-23(31,8-6-16)21(29)30)26-19(17)14-1-3-15(4-2-14)28-9-11-32-12-10-28/h1-4,13,16,31H,5-12H2,(H,29,30)(H,25,26,27). The Labute approximate surface area is 195 Å². The number of halogens is 1. The molecule has 33 heavy (non-hydrogen) atoms. The first-order valence-electron chi connectivity index (χ1n) is 11.0. The van der Waals surface area contributed by atoms with E-state index in [1.165, 1.54) is 0 Å². The van der Waals surface area contributed by atoms with Crippen molar-refractivity contribution >= 4 is 34.4 Å². The average Bonchev–Trinajstić information content (AvgIpc) is 3.21. The maximum Gasteiger partial charge on any atom is 0.335 e. The van der Waals surface area contributed by atoms with Crippen LogP contribution in [0.2, 0.25) is 5.02 Å². The Balaban J connectivity index is 1.32. The monoisotopic (exact) mass is 472 g/mol. The third-order valence-corrected chi connectivity index (χ3v) is 6.65. The molecular weight excluding hydrogens is 448 g/mol. The summed E-state index contributed by atoms with van der Waals surface area (Å²) in [5, 5.41) is 19.8. The second-order valence-corrected chi connectivity index (χ2v) is 8.94. The Morgan fingerprint density at radius 3 is 2.55 bits per heavy atom. The molecule has 0 bridgehead atoms. The molecule has 3 aromatic rings. The van der Waals surface area contributed by atoms with Crippen molar-refractivity contribution in [2.75, 3.05) is 31.2 Å². The minimum atomic E-state index is -1.67. The number of aromatic nitrogens is 3. The summed E-state index contributed by atoms with van der Waals surface area (Å²) in [5.74, 6) is -1.19. The van der Waals surface area contributed by atoms with Gasteiger partial charge >= 0.3 is 5.97 Å². The number of nitrogens with zero attached hydrogens (tertiary/aromatic N) is 3. The number of nitrogens with one attached hydrogen (secondary N) is 1. The van der Waals surface area contributed by atoms with Gasteiger partial charge in [0.1, 0.15) is 6.10 Å². The summed E-state index contributed by atoms with van der Waals surface area (Å²) in [6.07, 6.45) is 0.903. The van der Waals surface area contributed by atoms with Gasteiger partial charge in [-0.05, 0) is 43.9 Å². The van der Waals surface area contributed by atoms with Crippen LogP contribution in [0.25, 0.3) is 22.4 Å². The molecule has 1 saturated carbocycles. The molecule has 174 valence electrons. The van der Waals surface area contributed by atoms with Crippen molar-refractivity contribution in [3.8, 4) is 17.3 Å². The Bertz CT molecular complexity index is 1150. The smallest absolute Gasteiger partial charge is 0.335 e. The minimum absolute atomic E-state index is 0.141. The lowest BCUT2D eigenvalue weighted by molar-refractivity contribution is -0.163. The van der Waals surface area contributed by atoms with Gasteiger partial charge in [-0.3, -0.25) is 0 Å². The zero-order valence-electron chi connectivity index (χ0n) is 18.0. The summed E-state index contributed by atoms with van der Waals surface area (Å²) >= 11 is 6.53. The highest BCUT2D eigenvalue weighted by molar-refractivity contribution is 6.33. The van der Waals surface area contributed by atoms with E-state index in [-0.39, 0.29) is 18.9 Å². The summed E-state index contributed by atoms with van der Waals surface area (Å²) < 4.78 is 11.3. The number of carbonyl (C=O) groups is 1. The average molecular weight is 473 g/mol. The van der Waals surface area contributed by atoms with Crippen LogP contribution < -0.4 is 9.64 Å². The number of aromatic amines is 1. The summed E-state index contributed by atoms with van der Waals surface area (Å²) in [6, 6.07) is 10.2. The van der Waals surface area contributed by atoms with Crippen molar-refractivity contribution in [2.45, 2.75) is 37.4 Å². The molecule has 2 aromatic heterocycles. The van der Waals surface area contributed by atoms with Gasteiger partial charge < -0.3 is 29.6 Å². The minimum Gasteiger partial charge on any atom is -0.479 e. The Morgan fingerprint density at radius 1 is 1.18 bits per heavy atom. The number of ether oxygens (including phenoxy) is 2. The van der Waals surface area contributed by atoms with E-state index in [4.69, 9.17) is 26.2 Å². The highest BCUT2D eigenvalue weighted by atomic mass is 35.5. The molecular formula is C23H25ClN4O5. The molecule has 0 radical (unpaired) electrons. The number of aliphatic hydroxyl groups is 1. The highest BCUT2D eigenvalue weighted by Crippen LogP contribution is 2.33. The van der Waals surface area contributed by atoms with Crippen LogP contribution in [-0.4, -0.2) is 69.1 Å². The van der Waals surface area contributed by atoms with Crippen LogP contribution in [0.1, 0.15) is 25.7 Å². The fraction of sp³-hybridized carbons (Fsp3) is 0.435. The lowest BCUT2D eigenvalue weighted by Crippen LogP contribution is -2.44. The number of anilines is 1. The van der Waals surface area contributed by atoms with Crippen LogP contribution in [0.5, 0.6) is 6.01 Å². The van der Waals surface area contributed by atoms with E-state index in [1.54, 1.807) is 6.07 Å². The van der Waals surface area contributed by atoms with Crippen molar-refractivity contribution in [1.29, 1.82) is 0 Å². The van der Waals surface area contributed by atoms with E-state index >= 15 is 0 Å². The van der Waals surface area contributed by atoms with Crippen LogP contribution in [0.15, 0.2) is 30.3 Å². The second-order valence-electron chi connectivity index (χ2n) is 8.53. The summed E-state index contributed by atoms with van der Waals surface area (Å²) in [7, 11) is 0. The Hall–Kier alpha value is -2.88. The van der Waals surface area contributed by atoms with E-state index < -0.39 is 11.6 Å². The van der Waals surface area contributed by atoms with Gasteiger partial charge in [0.2, 0.25) is 0 Å². The van der Waals surface area contributed by atoms with Crippen LogP contribution in [0.4, 0.5) is 5.69 Å². The lowest BCUT2D eigenvalue weighted by atomic mass is 9.83. The third kappa shape index (κ3) is 4.48. The van der Waals surface area contributed by atoms with E-state index in [2.05, 4.69) is 32.0 Å². The van der Waals surface area contributed by atoms with E-state index in [9.17, 15) is 9.90 Å². The van der Waals surface area contributed by atoms with Crippen molar-refractivity contribution in [3.05, 3.63) is 35.4 Å². The van der Waals surface area contributed by atoms with Gasteiger partial charge in [0, 0.05) is 24.3 Å². The zero-order chi connectivity index (χ0) is 23.0. The fourth-order valence-electron chi connectivity index (χ4n) is 4.36. The van der Waals surface area contributed by atoms with Crippen molar-refractivity contribution in [1.82, 2.24) is 15.0 Å². The third-order valence-electron chi connectivity index (χ3n) is 6.36. The summed E-state index contributed by atoms with van der Waals surface area (Å²) in [5.41, 5.74) is 2.14. The van der Waals surface area contributed by atoms with Crippen LogP contribution in [-0.2, 0) is 9.53 Å². The molecule has 2 aliphatic rings. The number of pyridine rings is 1. The summed E-state index contributed by atoms with van der Waals surface area (Å²) in [4.78, 5) is 25.7.